The first-order chi connectivity index (χ1) is 10.7. The molecule has 5 unspecified atom stereocenters. The van der Waals surface area contributed by atoms with Gasteiger partial charge in [0.2, 0.25) is 0 Å². The van der Waals surface area contributed by atoms with E-state index in [0.717, 1.165) is 30.1 Å². The Balaban J connectivity index is 1.64. The highest BCUT2D eigenvalue weighted by Crippen LogP contribution is 2.65. The molecule has 0 saturated heterocycles. The van der Waals surface area contributed by atoms with Gasteiger partial charge in [-0.3, -0.25) is 0 Å². The van der Waals surface area contributed by atoms with Gasteiger partial charge in [-0.15, -0.1) is 0 Å². The molecule has 22 heavy (non-hydrogen) atoms. The zero-order chi connectivity index (χ0) is 15.3. The number of fused-ring (bicyclic) bond motifs is 5. The SMILES string of the molecule is CCC1CCC2C3CCC4=CC(O)CC=C4C3CC[C@]12CC. The van der Waals surface area contributed by atoms with Crippen LogP contribution >= 0.6 is 0 Å². The number of hydrogen-bond donors (Lipinski definition) is 1. The molecule has 1 heteroatoms. The zero-order valence-electron chi connectivity index (χ0n) is 14.4. The van der Waals surface area contributed by atoms with E-state index in [1.54, 1.807) is 5.57 Å². The average molecular weight is 300 g/mol. The van der Waals surface area contributed by atoms with Crippen molar-refractivity contribution in [2.75, 3.05) is 0 Å². The molecule has 1 nitrogen and oxygen atoms in total. The Labute approximate surface area is 135 Å². The highest BCUT2D eigenvalue weighted by molar-refractivity contribution is 5.40. The third kappa shape index (κ3) is 2.00. The van der Waals surface area contributed by atoms with Crippen LogP contribution in [0.2, 0.25) is 0 Å². The molecule has 1 N–H and O–H groups in total. The molecule has 3 fully saturated rings. The van der Waals surface area contributed by atoms with Crippen LogP contribution in [0.15, 0.2) is 23.3 Å². The van der Waals surface area contributed by atoms with Gasteiger partial charge in [0, 0.05) is 0 Å². The minimum absolute atomic E-state index is 0.218. The van der Waals surface area contributed by atoms with Crippen molar-refractivity contribution >= 4 is 0 Å². The summed E-state index contributed by atoms with van der Waals surface area (Å²) >= 11 is 0. The molecule has 3 saturated carbocycles. The molecular weight excluding hydrogens is 268 g/mol. The second-order valence-corrected chi connectivity index (χ2v) is 8.38. The standard InChI is InChI=1S/C21H32O/c1-3-15-6-10-20-19-8-5-14-13-16(22)7-9-17(14)18(19)11-12-21(15,20)4-2/h9,13,15-16,18-20,22H,3-8,10-12H2,1-2H3/t15?,16?,18?,19?,20?,21-/m1/s1. The van der Waals surface area contributed by atoms with E-state index in [0.29, 0.717) is 5.41 Å². The van der Waals surface area contributed by atoms with Crippen molar-refractivity contribution in [1.82, 2.24) is 0 Å². The van der Waals surface area contributed by atoms with Crippen LogP contribution in [-0.4, -0.2) is 11.2 Å². The van der Waals surface area contributed by atoms with Crippen LogP contribution in [0.5, 0.6) is 0 Å². The van der Waals surface area contributed by atoms with E-state index < -0.39 is 0 Å². The van der Waals surface area contributed by atoms with Gasteiger partial charge in [0.05, 0.1) is 6.10 Å². The van der Waals surface area contributed by atoms with Crippen molar-refractivity contribution in [1.29, 1.82) is 0 Å². The van der Waals surface area contributed by atoms with E-state index in [9.17, 15) is 5.11 Å². The maximum atomic E-state index is 9.92. The van der Waals surface area contributed by atoms with Crippen molar-refractivity contribution in [2.45, 2.75) is 77.7 Å². The quantitative estimate of drug-likeness (QED) is 0.738. The summed E-state index contributed by atoms with van der Waals surface area (Å²) in [7, 11) is 0. The molecule has 0 radical (unpaired) electrons. The fourth-order valence-electron chi connectivity index (χ4n) is 7.05. The molecule has 122 valence electrons. The lowest BCUT2D eigenvalue weighted by Gasteiger charge is -2.53. The van der Waals surface area contributed by atoms with Gasteiger partial charge in [0.15, 0.2) is 0 Å². The molecule has 0 amide bonds. The molecule has 4 aliphatic rings. The Morgan fingerprint density at radius 3 is 2.82 bits per heavy atom. The highest BCUT2D eigenvalue weighted by Gasteiger charge is 2.55. The van der Waals surface area contributed by atoms with Gasteiger partial charge in [0.1, 0.15) is 0 Å². The molecule has 0 bridgehead atoms. The predicted octanol–water partition coefficient (Wildman–Crippen LogP) is 5.26. The molecule has 0 aromatic carbocycles. The number of hydrogen-bond acceptors (Lipinski definition) is 1. The van der Waals surface area contributed by atoms with Crippen LogP contribution in [-0.2, 0) is 0 Å². The minimum atomic E-state index is -0.218. The summed E-state index contributed by atoms with van der Waals surface area (Å²) in [5.74, 6) is 3.72. The predicted molar refractivity (Wildman–Crippen MR) is 91.5 cm³/mol. The maximum Gasteiger partial charge on any atom is 0.0761 e. The van der Waals surface area contributed by atoms with Gasteiger partial charge in [-0.25, -0.2) is 0 Å². The molecule has 0 aromatic heterocycles. The smallest absolute Gasteiger partial charge is 0.0761 e. The molecule has 0 aliphatic heterocycles. The van der Waals surface area contributed by atoms with Gasteiger partial charge in [0.25, 0.3) is 0 Å². The van der Waals surface area contributed by atoms with Crippen LogP contribution in [0.1, 0.15) is 71.6 Å². The highest BCUT2D eigenvalue weighted by atomic mass is 16.3. The fourth-order valence-corrected chi connectivity index (χ4v) is 7.05. The molecular formula is C21H32O. The second kappa shape index (κ2) is 5.51. The largest absolute Gasteiger partial charge is 0.389 e. The van der Waals surface area contributed by atoms with Crippen LogP contribution in [0.25, 0.3) is 0 Å². The third-order valence-electron chi connectivity index (χ3n) is 7.97. The monoisotopic (exact) mass is 300 g/mol. The summed E-state index contributed by atoms with van der Waals surface area (Å²) in [6, 6.07) is 0. The number of allylic oxidation sites excluding steroid dienone is 2. The van der Waals surface area contributed by atoms with E-state index in [4.69, 9.17) is 0 Å². The summed E-state index contributed by atoms with van der Waals surface area (Å²) < 4.78 is 0. The van der Waals surface area contributed by atoms with Crippen LogP contribution in [0.3, 0.4) is 0 Å². The van der Waals surface area contributed by atoms with Crippen LogP contribution < -0.4 is 0 Å². The average Bonchev–Trinajstić information content (AvgIpc) is 2.93. The van der Waals surface area contributed by atoms with Crippen molar-refractivity contribution < 1.29 is 5.11 Å². The Morgan fingerprint density at radius 2 is 2.05 bits per heavy atom. The van der Waals surface area contributed by atoms with E-state index in [1.165, 1.54) is 56.9 Å². The Hall–Kier alpha value is -0.560. The van der Waals surface area contributed by atoms with Crippen molar-refractivity contribution in [3.63, 3.8) is 0 Å². The normalized spacial score (nSPS) is 47.1. The molecule has 0 aromatic rings. The van der Waals surface area contributed by atoms with Gasteiger partial charge < -0.3 is 5.11 Å². The molecule has 0 spiro atoms. The zero-order valence-corrected chi connectivity index (χ0v) is 14.4. The molecule has 0 heterocycles. The molecule has 4 aliphatic carbocycles. The number of aliphatic hydroxyl groups excluding tert-OH is 1. The summed E-state index contributed by atoms with van der Waals surface area (Å²) in [5.41, 5.74) is 3.81. The van der Waals surface area contributed by atoms with Gasteiger partial charge in [-0.1, -0.05) is 32.4 Å². The van der Waals surface area contributed by atoms with Crippen molar-refractivity contribution in [3.05, 3.63) is 23.3 Å². The second-order valence-electron chi connectivity index (χ2n) is 8.38. The van der Waals surface area contributed by atoms with E-state index in [1.807, 2.05) is 0 Å². The van der Waals surface area contributed by atoms with Crippen molar-refractivity contribution in [3.8, 4) is 0 Å². The first-order valence-electron chi connectivity index (χ1n) is 9.78. The number of rotatable bonds is 2. The topological polar surface area (TPSA) is 20.2 Å². The minimum Gasteiger partial charge on any atom is -0.389 e. The first-order valence-corrected chi connectivity index (χ1v) is 9.78. The Morgan fingerprint density at radius 1 is 1.18 bits per heavy atom. The summed E-state index contributed by atoms with van der Waals surface area (Å²) in [4.78, 5) is 0. The fraction of sp³-hybridized carbons (Fsp3) is 0.810. The van der Waals surface area contributed by atoms with E-state index in [-0.39, 0.29) is 6.10 Å². The summed E-state index contributed by atoms with van der Waals surface area (Å²) in [6.45, 7) is 4.88. The third-order valence-corrected chi connectivity index (χ3v) is 7.97. The van der Waals surface area contributed by atoms with E-state index >= 15 is 0 Å². The lowest BCUT2D eigenvalue weighted by Crippen LogP contribution is -2.45. The molecule has 4 rings (SSSR count). The lowest BCUT2D eigenvalue weighted by atomic mass is 9.51. The van der Waals surface area contributed by atoms with Gasteiger partial charge in [-0.05, 0) is 91.6 Å². The van der Waals surface area contributed by atoms with Crippen LogP contribution in [0, 0.1) is 29.1 Å². The van der Waals surface area contributed by atoms with Crippen molar-refractivity contribution in [2.24, 2.45) is 29.1 Å². The first kappa shape index (κ1) is 15.0. The maximum absolute atomic E-state index is 9.92. The summed E-state index contributed by atoms with van der Waals surface area (Å²) in [5, 5.41) is 9.92. The lowest BCUT2D eigenvalue weighted by molar-refractivity contribution is -0.00472. The van der Waals surface area contributed by atoms with Gasteiger partial charge in [-0.2, -0.15) is 0 Å². The number of aliphatic hydroxyl groups is 1. The summed E-state index contributed by atoms with van der Waals surface area (Å²) in [6.07, 6.45) is 16.4. The van der Waals surface area contributed by atoms with Crippen LogP contribution in [0.4, 0.5) is 0 Å². The van der Waals surface area contributed by atoms with Gasteiger partial charge >= 0.3 is 0 Å². The van der Waals surface area contributed by atoms with E-state index in [2.05, 4.69) is 26.0 Å². The Bertz CT molecular complexity index is 502. The Kier molecular flexibility index (Phi) is 3.76. The molecule has 6 atom stereocenters.